The molecule has 0 aliphatic carbocycles. The molecule has 1 aliphatic heterocycles. The van der Waals surface area contributed by atoms with Gasteiger partial charge in [-0.15, -0.1) is 0 Å². The minimum Gasteiger partial charge on any atom is -0.472 e. The molecule has 1 aromatic heterocycles. The SMILES string of the molecule is Cc1ccc(N(C2CCN(Cc3ccoc3)CC2)S(=O)(=O)c2ccccc2C)cc1. The lowest BCUT2D eigenvalue weighted by Crippen LogP contribution is -2.47. The van der Waals surface area contributed by atoms with Gasteiger partial charge in [-0.3, -0.25) is 9.21 Å². The molecule has 30 heavy (non-hydrogen) atoms. The number of furan rings is 1. The van der Waals surface area contributed by atoms with Crippen LogP contribution in [0.5, 0.6) is 0 Å². The maximum Gasteiger partial charge on any atom is 0.264 e. The summed E-state index contributed by atoms with van der Waals surface area (Å²) in [5, 5.41) is 0. The molecule has 0 radical (unpaired) electrons. The zero-order valence-corrected chi connectivity index (χ0v) is 18.3. The molecule has 1 fully saturated rings. The average molecular weight is 425 g/mol. The zero-order chi connectivity index (χ0) is 21.1. The third-order valence-corrected chi connectivity index (χ3v) is 7.83. The molecule has 0 amide bonds. The minimum absolute atomic E-state index is 0.0714. The standard InChI is InChI=1S/C24H28N2O3S/c1-19-7-9-22(10-8-19)26(30(27,28)24-6-4-3-5-20(24)2)23-11-14-25(15-12-23)17-21-13-16-29-18-21/h3-10,13,16,18,23H,11-12,14-15,17H2,1-2H3. The van der Waals surface area contributed by atoms with Crippen LogP contribution in [0.4, 0.5) is 5.69 Å². The van der Waals surface area contributed by atoms with Crippen molar-refractivity contribution in [1.82, 2.24) is 4.90 Å². The summed E-state index contributed by atoms with van der Waals surface area (Å²) in [6, 6.07) is 16.9. The van der Waals surface area contributed by atoms with E-state index in [0.29, 0.717) is 4.90 Å². The summed E-state index contributed by atoms with van der Waals surface area (Å²) in [6.45, 7) is 6.40. The molecule has 0 N–H and O–H groups in total. The molecular weight excluding hydrogens is 396 g/mol. The second-order valence-electron chi connectivity index (χ2n) is 8.04. The Balaban J connectivity index is 1.62. The Bertz CT molecular complexity index is 1070. The van der Waals surface area contributed by atoms with E-state index in [2.05, 4.69) is 4.90 Å². The number of piperidine rings is 1. The number of anilines is 1. The predicted octanol–water partition coefficient (Wildman–Crippen LogP) is 4.76. The second kappa shape index (κ2) is 8.66. The van der Waals surface area contributed by atoms with E-state index in [1.807, 2.05) is 56.3 Å². The maximum absolute atomic E-state index is 13.8. The van der Waals surface area contributed by atoms with Crippen LogP contribution in [0.25, 0.3) is 0 Å². The summed E-state index contributed by atoms with van der Waals surface area (Å²) in [5.74, 6) is 0. The lowest BCUT2D eigenvalue weighted by atomic mass is 10.0. The van der Waals surface area contributed by atoms with Gasteiger partial charge in [0.15, 0.2) is 0 Å². The number of hydrogen-bond acceptors (Lipinski definition) is 4. The van der Waals surface area contributed by atoms with Crippen molar-refractivity contribution in [1.29, 1.82) is 0 Å². The van der Waals surface area contributed by atoms with Crippen LogP contribution >= 0.6 is 0 Å². The Kier molecular flexibility index (Phi) is 5.97. The summed E-state index contributed by atoms with van der Waals surface area (Å²) in [6.07, 6.45) is 5.04. The quantitative estimate of drug-likeness (QED) is 0.573. The Hall–Kier alpha value is -2.57. The first-order valence-corrected chi connectivity index (χ1v) is 11.8. The molecule has 0 saturated carbocycles. The highest BCUT2D eigenvalue weighted by Crippen LogP contribution is 2.32. The van der Waals surface area contributed by atoms with E-state index < -0.39 is 10.0 Å². The van der Waals surface area contributed by atoms with Crippen molar-refractivity contribution in [3.63, 3.8) is 0 Å². The van der Waals surface area contributed by atoms with Gasteiger partial charge in [0.1, 0.15) is 0 Å². The van der Waals surface area contributed by atoms with Crippen molar-refractivity contribution in [2.75, 3.05) is 17.4 Å². The molecule has 1 aliphatic rings. The van der Waals surface area contributed by atoms with Gasteiger partial charge in [0, 0.05) is 31.2 Å². The van der Waals surface area contributed by atoms with E-state index in [-0.39, 0.29) is 6.04 Å². The number of rotatable bonds is 6. The Morgan fingerprint density at radius 3 is 2.33 bits per heavy atom. The fourth-order valence-corrected chi connectivity index (χ4v) is 6.08. The summed E-state index contributed by atoms with van der Waals surface area (Å²) in [4.78, 5) is 2.74. The van der Waals surface area contributed by atoms with Crippen molar-refractivity contribution in [3.8, 4) is 0 Å². The van der Waals surface area contributed by atoms with Gasteiger partial charge in [-0.25, -0.2) is 8.42 Å². The van der Waals surface area contributed by atoms with Gasteiger partial charge in [0.2, 0.25) is 0 Å². The van der Waals surface area contributed by atoms with Crippen molar-refractivity contribution >= 4 is 15.7 Å². The van der Waals surface area contributed by atoms with Crippen molar-refractivity contribution in [2.24, 2.45) is 0 Å². The molecule has 1 saturated heterocycles. The monoisotopic (exact) mass is 424 g/mol. The first-order chi connectivity index (χ1) is 14.4. The Labute approximate surface area is 179 Å². The third kappa shape index (κ3) is 4.30. The Morgan fingerprint density at radius 2 is 1.70 bits per heavy atom. The minimum atomic E-state index is -3.66. The maximum atomic E-state index is 13.8. The van der Waals surface area contributed by atoms with E-state index in [0.717, 1.165) is 54.9 Å². The molecule has 2 heterocycles. The number of nitrogens with zero attached hydrogens (tertiary/aromatic N) is 2. The predicted molar refractivity (Wildman–Crippen MR) is 119 cm³/mol. The zero-order valence-electron chi connectivity index (χ0n) is 17.5. The summed E-state index contributed by atoms with van der Waals surface area (Å²) in [7, 11) is -3.66. The van der Waals surface area contributed by atoms with Gasteiger partial charge in [0.25, 0.3) is 10.0 Å². The van der Waals surface area contributed by atoms with Crippen molar-refractivity contribution in [2.45, 2.75) is 44.2 Å². The smallest absolute Gasteiger partial charge is 0.264 e. The molecule has 0 spiro atoms. The Morgan fingerprint density at radius 1 is 1.00 bits per heavy atom. The number of benzene rings is 2. The van der Waals surface area contributed by atoms with E-state index >= 15 is 0 Å². The number of aryl methyl sites for hydroxylation is 2. The van der Waals surface area contributed by atoms with Gasteiger partial charge >= 0.3 is 0 Å². The van der Waals surface area contributed by atoms with Crippen molar-refractivity contribution < 1.29 is 12.8 Å². The number of sulfonamides is 1. The molecular formula is C24H28N2O3S. The molecule has 158 valence electrons. The van der Waals surface area contributed by atoms with Crippen LogP contribution in [-0.4, -0.2) is 32.4 Å². The molecule has 0 unspecified atom stereocenters. The molecule has 0 atom stereocenters. The van der Waals surface area contributed by atoms with Crippen LogP contribution in [-0.2, 0) is 16.6 Å². The van der Waals surface area contributed by atoms with Crippen LogP contribution in [0.1, 0.15) is 29.5 Å². The van der Waals surface area contributed by atoms with E-state index in [1.165, 1.54) is 0 Å². The van der Waals surface area contributed by atoms with Crippen LogP contribution in [0.2, 0.25) is 0 Å². The number of hydrogen-bond donors (Lipinski definition) is 0. The third-order valence-electron chi connectivity index (χ3n) is 5.79. The summed E-state index contributed by atoms with van der Waals surface area (Å²) in [5.41, 5.74) is 3.77. The first kappa shape index (κ1) is 20.7. The van der Waals surface area contributed by atoms with Crippen molar-refractivity contribution in [3.05, 3.63) is 83.8 Å². The highest BCUT2D eigenvalue weighted by atomic mass is 32.2. The van der Waals surface area contributed by atoms with Crippen LogP contribution < -0.4 is 4.31 Å². The molecule has 4 rings (SSSR count). The molecule has 5 nitrogen and oxygen atoms in total. The average Bonchev–Trinajstić information content (AvgIpc) is 3.24. The highest BCUT2D eigenvalue weighted by molar-refractivity contribution is 7.93. The van der Waals surface area contributed by atoms with Gasteiger partial charge < -0.3 is 4.42 Å². The fraction of sp³-hybridized carbons (Fsp3) is 0.333. The topological polar surface area (TPSA) is 53.8 Å². The molecule has 0 bridgehead atoms. The lowest BCUT2D eigenvalue weighted by Gasteiger charge is -2.39. The fourth-order valence-electron chi connectivity index (χ4n) is 4.14. The molecule has 3 aromatic rings. The molecule has 6 heteroatoms. The van der Waals surface area contributed by atoms with Gasteiger partial charge in [-0.2, -0.15) is 0 Å². The number of likely N-dealkylation sites (tertiary alicyclic amines) is 1. The van der Waals surface area contributed by atoms with E-state index in [9.17, 15) is 8.42 Å². The second-order valence-corrected chi connectivity index (χ2v) is 9.82. The highest BCUT2D eigenvalue weighted by Gasteiger charge is 2.34. The first-order valence-electron chi connectivity index (χ1n) is 10.4. The molecule has 2 aromatic carbocycles. The van der Waals surface area contributed by atoms with Crippen LogP contribution in [0.15, 0.2) is 76.4 Å². The van der Waals surface area contributed by atoms with Gasteiger partial charge in [0.05, 0.1) is 23.1 Å². The van der Waals surface area contributed by atoms with Crippen LogP contribution in [0.3, 0.4) is 0 Å². The summed E-state index contributed by atoms with van der Waals surface area (Å²) < 4.78 is 34.4. The lowest BCUT2D eigenvalue weighted by molar-refractivity contribution is 0.206. The van der Waals surface area contributed by atoms with Crippen LogP contribution in [0, 0.1) is 13.8 Å². The van der Waals surface area contributed by atoms with Gasteiger partial charge in [-0.1, -0.05) is 35.9 Å². The van der Waals surface area contributed by atoms with Gasteiger partial charge in [-0.05, 0) is 56.5 Å². The normalized spacial score (nSPS) is 15.9. The van der Waals surface area contributed by atoms with E-state index in [4.69, 9.17) is 4.42 Å². The largest absolute Gasteiger partial charge is 0.472 e. The van der Waals surface area contributed by atoms with E-state index in [1.54, 1.807) is 29.0 Å². The summed E-state index contributed by atoms with van der Waals surface area (Å²) >= 11 is 0.